The third-order valence-corrected chi connectivity index (χ3v) is 1.64. The Balaban J connectivity index is 2.58. The van der Waals surface area contributed by atoms with Crippen molar-refractivity contribution in [2.24, 2.45) is 5.73 Å². The summed E-state index contributed by atoms with van der Waals surface area (Å²) in [7, 11) is 0. The van der Waals surface area contributed by atoms with E-state index in [4.69, 9.17) is 12.7 Å². The maximum absolute atomic E-state index is 10.5. The molecule has 0 bridgehead atoms. The Labute approximate surface area is 72.4 Å². The number of Topliss-reactive ketones (excluding diaryl/α,β-unsaturated/α-hetero) is 1. The third-order valence-electron chi connectivity index (χ3n) is 1.64. The summed E-state index contributed by atoms with van der Waals surface area (Å²) in [6.45, 7) is 6.77. The summed E-state index contributed by atoms with van der Waals surface area (Å²) in [5, 5.41) is 0. The fourth-order valence-corrected chi connectivity index (χ4v) is 0.961. The van der Waals surface area contributed by atoms with Gasteiger partial charge in [0.2, 0.25) is 0 Å². The van der Waals surface area contributed by atoms with Crippen molar-refractivity contribution in [3.05, 3.63) is 42.8 Å². The van der Waals surface area contributed by atoms with E-state index in [1.807, 2.05) is 30.3 Å². The Kier molecular flexibility index (Phi) is 3.00. The minimum atomic E-state index is -0.709. The molecule has 2 heteroatoms. The zero-order valence-electron chi connectivity index (χ0n) is 6.66. The topological polar surface area (TPSA) is 43.1 Å². The highest BCUT2D eigenvalue weighted by Crippen LogP contribution is 2.01. The molecule has 0 saturated heterocycles. The summed E-state index contributed by atoms with van der Waals surface area (Å²) >= 11 is 0. The third kappa shape index (κ3) is 2.47. The minimum absolute atomic E-state index is 0.448. The average Bonchev–Trinajstić information content (AvgIpc) is 2.06. The van der Waals surface area contributed by atoms with Gasteiger partial charge in [-0.25, -0.2) is 0 Å². The molecule has 0 aliphatic carbocycles. The van der Waals surface area contributed by atoms with Gasteiger partial charge in [0, 0.05) is 0 Å². The summed E-state index contributed by atoms with van der Waals surface area (Å²) in [5.74, 6) is -0.709. The Morgan fingerprint density at radius 2 is 2.00 bits per heavy atom. The van der Waals surface area contributed by atoms with Gasteiger partial charge in [0.25, 0.3) is 0 Å². The smallest absolute Gasteiger partial charge is 0.159 e. The molecule has 0 aromatic heterocycles. The molecule has 1 rings (SSSR count). The molecule has 1 atom stereocenters. The molecule has 1 aromatic carbocycles. The molecule has 0 fully saturated rings. The molecule has 0 amide bonds. The lowest BCUT2D eigenvalue weighted by molar-refractivity contribution is -0.116. The van der Waals surface area contributed by atoms with Gasteiger partial charge in [0.15, 0.2) is 5.78 Å². The number of carbonyl (C=O) groups excluding carboxylic acids is 1. The fraction of sp³-hybridized carbons (Fsp3) is 0.200. The first kappa shape index (κ1) is 8.94. The van der Waals surface area contributed by atoms with Crippen LogP contribution in [0.4, 0.5) is 0 Å². The molecule has 1 aromatic rings. The van der Waals surface area contributed by atoms with Crippen LogP contribution in [-0.2, 0) is 11.2 Å². The quantitative estimate of drug-likeness (QED) is 0.707. The predicted molar refractivity (Wildman–Crippen MR) is 46.4 cm³/mol. The number of benzene rings is 1. The van der Waals surface area contributed by atoms with Gasteiger partial charge < -0.3 is 5.73 Å². The van der Waals surface area contributed by atoms with Crippen LogP contribution < -0.4 is 5.73 Å². The van der Waals surface area contributed by atoms with Crippen LogP contribution in [0.25, 0.3) is 0 Å². The zero-order chi connectivity index (χ0) is 8.97. The van der Waals surface area contributed by atoms with Gasteiger partial charge in [0.05, 0.1) is 13.0 Å². The number of nitrogens with two attached hydrogens (primary N) is 1. The minimum Gasteiger partial charge on any atom is -0.321 e. The first-order valence-corrected chi connectivity index (χ1v) is 3.75. The number of rotatable bonds is 3. The molecule has 3 radical (unpaired) electrons. The summed E-state index contributed by atoms with van der Waals surface area (Å²) in [5.41, 5.74) is 6.40. The molecule has 0 heterocycles. The van der Waals surface area contributed by atoms with Crippen LogP contribution in [0.3, 0.4) is 0 Å². The molecule has 1 unspecified atom stereocenters. The van der Waals surface area contributed by atoms with Gasteiger partial charge in [-0.15, -0.1) is 0 Å². The van der Waals surface area contributed by atoms with Crippen molar-refractivity contribution < 1.29 is 4.79 Å². The van der Waals surface area contributed by atoms with E-state index >= 15 is 0 Å². The highest BCUT2D eigenvalue weighted by Gasteiger charge is 2.08. The maximum Gasteiger partial charge on any atom is 0.159 e. The van der Waals surface area contributed by atoms with Crippen molar-refractivity contribution in [2.45, 2.75) is 12.5 Å². The number of hydrogen-bond donors (Lipinski definition) is 1. The normalized spacial score (nSPS) is 12.5. The van der Waals surface area contributed by atoms with E-state index in [2.05, 4.69) is 0 Å². The van der Waals surface area contributed by atoms with Crippen LogP contribution in [0.2, 0.25) is 0 Å². The molecular weight excluding hydrogens is 150 g/mol. The lowest BCUT2D eigenvalue weighted by atomic mass is 10.0. The molecule has 2 N–H and O–H groups in total. The largest absolute Gasteiger partial charge is 0.321 e. The van der Waals surface area contributed by atoms with Crippen LogP contribution in [0, 0.1) is 6.92 Å². The Bertz CT molecular complexity index is 256. The maximum atomic E-state index is 10.5. The van der Waals surface area contributed by atoms with E-state index in [-0.39, 0.29) is 0 Å². The van der Waals surface area contributed by atoms with Crippen molar-refractivity contribution in [3.8, 4) is 0 Å². The fourth-order valence-electron chi connectivity index (χ4n) is 0.961. The van der Waals surface area contributed by atoms with Crippen LogP contribution in [-0.4, -0.2) is 11.8 Å². The number of ketones is 1. The SMILES string of the molecule is [C]C(=O)C(N)Cc1ccccc1. The average molecular weight is 160 g/mol. The van der Waals surface area contributed by atoms with Crippen LogP contribution in [0.15, 0.2) is 30.3 Å². The van der Waals surface area contributed by atoms with Gasteiger partial charge >= 0.3 is 0 Å². The van der Waals surface area contributed by atoms with Crippen LogP contribution in [0.1, 0.15) is 5.56 Å². The molecule has 0 aliphatic heterocycles. The van der Waals surface area contributed by atoms with Crippen LogP contribution in [0.5, 0.6) is 0 Å². The first-order chi connectivity index (χ1) is 5.70. The van der Waals surface area contributed by atoms with E-state index < -0.39 is 11.8 Å². The molecule has 61 valence electrons. The molecule has 2 nitrogen and oxygen atoms in total. The van der Waals surface area contributed by atoms with Gasteiger partial charge in [0.1, 0.15) is 0 Å². The summed E-state index contributed by atoms with van der Waals surface area (Å²) in [4.78, 5) is 10.5. The van der Waals surface area contributed by atoms with E-state index in [1.54, 1.807) is 0 Å². The number of hydrogen-bond acceptors (Lipinski definition) is 2. The van der Waals surface area contributed by atoms with E-state index in [9.17, 15) is 4.79 Å². The summed E-state index contributed by atoms with van der Waals surface area (Å²) in [6, 6.07) is 8.77. The van der Waals surface area contributed by atoms with Crippen molar-refractivity contribution in [3.63, 3.8) is 0 Å². The Morgan fingerprint density at radius 1 is 1.42 bits per heavy atom. The van der Waals surface area contributed by atoms with Gasteiger partial charge in [-0.2, -0.15) is 0 Å². The second-order valence-electron chi connectivity index (χ2n) is 2.66. The number of carbonyl (C=O) groups is 1. The molecular formula is C10H10NO. The molecule has 0 saturated carbocycles. The monoisotopic (exact) mass is 160 g/mol. The van der Waals surface area contributed by atoms with Crippen molar-refractivity contribution in [1.29, 1.82) is 0 Å². The summed E-state index contributed by atoms with van der Waals surface area (Å²) in [6.07, 6.45) is 0.448. The Morgan fingerprint density at radius 3 is 2.50 bits per heavy atom. The van der Waals surface area contributed by atoms with Gasteiger partial charge in [-0.05, 0) is 12.0 Å². The van der Waals surface area contributed by atoms with Gasteiger partial charge in [-0.3, -0.25) is 4.79 Å². The highest BCUT2D eigenvalue weighted by atomic mass is 16.1. The highest BCUT2D eigenvalue weighted by molar-refractivity contribution is 5.87. The zero-order valence-corrected chi connectivity index (χ0v) is 6.66. The predicted octanol–water partition coefficient (Wildman–Crippen LogP) is 0.714. The first-order valence-electron chi connectivity index (χ1n) is 3.75. The van der Waals surface area contributed by atoms with Crippen molar-refractivity contribution in [1.82, 2.24) is 0 Å². The van der Waals surface area contributed by atoms with Crippen molar-refractivity contribution in [2.75, 3.05) is 0 Å². The van der Waals surface area contributed by atoms with E-state index in [1.165, 1.54) is 0 Å². The molecule has 0 spiro atoms. The van der Waals surface area contributed by atoms with Crippen LogP contribution >= 0.6 is 0 Å². The van der Waals surface area contributed by atoms with E-state index in [0.29, 0.717) is 6.42 Å². The molecule has 12 heavy (non-hydrogen) atoms. The Hall–Kier alpha value is -1.15. The lowest BCUT2D eigenvalue weighted by Crippen LogP contribution is -2.30. The van der Waals surface area contributed by atoms with Gasteiger partial charge in [-0.1, -0.05) is 30.3 Å². The molecule has 0 aliphatic rings. The standard InChI is InChI=1S/C10H10NO/c1-8(12)10(11)7-9-5-3-2-4-6-9/h2-6,10H,7,11H2. The second-order valence-corrected chi connectivity index (χ2v) is 2.66. The summed E-state index contributed by atoms with van der Waals surface area (Å²) < 4.78 is 0. The lowest BCUT2D eigenvalue weighted by Gasteiger charge is -2.06. The second kappa shape index (κ2) is 4.02. The van der Waals surface area contributed by atoms with Crippen molar-refractivity contribution >= 4 is 5.78 Å². The van der Waals surface area contributed by atoms with E-state index in [0.717, 1.165) is 5.56 Å².